The van der Waals surface area contributed by atoms with Gasteiger partial charge in [0.1, 0.15) is 0 Å². The van der Waals surface area contributed by atoms with Crippen LogP contribution in [-0.4, -0.2) is 56.8 Å². The number of ether oxygens (including phenoxy) is 3. The van der Waals surface area contributed by atoms with E-state index in [1.165, 1.54) is 11.8 Å². The number of hydrogen-bond acceptors (Lipinski definition) is 10. The summed E-state index contributed by atoms with van der Waals surface area (Å²) in [6.45, 7) is 1.74. The molecule has 0 bridgehead atoms. The predicted molar refractivity (Wildman–Crippen MR) is 140 cm³/mol. The van der Waals surface area contributed by atoms with Gasteiger partial charge in [-0.15, -0.1) is 0 Å². The van der Waals surface area contributed by atoms with Crippen LogP contribution in [0.4, 0.5) is 5.69 Å². The van der Waals surface area contributed by atoms with E-state index in [0.717, 1.165) is 5.56 Å². The molecule has 0 unspecified atom stereocenters. The number of benzene rings is 2. The Bertz CT molecular complexity index is 1140. The van der Waals surface area contributed by atoms with Gasteiger partial charge in [-0.05, 0) is 0 Å². The van der Waals surface area contributed by atoms with Crippen LogP contribution in [0.25, 0.3) is 11.4 Å². The third kappa shape index (κ3) is 6.03. The number of aryl methyl sites for hydroxylation is 1. The van der Waals surface area contributed by atoms with Gasteiger partial charge in [-0.2, -0.15) is 0 Å². The first kappa shape index (κ1) is 25.0. The summed E-state index contributed by atoms with van der Waals surface area (Å²) in [5, 5.41) is 4.57. The molecular weight excluding hydrogens is 559 g/mol. The quantitative estimate of drug-likeness (QED) is 0.172. The van der Waals surface area contributed by atoms with Gasteiger partial charge in [-0.25, -0.2) is 0 Å². The molecule has 3 aromatic rings. The van der Waals surface area contributed by atoms with Gasteiger partial charge in [0, 0.05) is 0 Å². The molecule has 0 aliphatic rings. The fourth-order valence-corrected chi connectivity index (χ4v) is 5.52. The van der Waals surface area contributed by atoms with Crippen LogP contribution in [-0.2, 0) is 0 Å². The van der Waals surface area contributed by atoms with Gasteiger partial charge in [-0.3, -0.25) is 0 Å². The summed E-state index contributed by atoms with van der Waals surface area (Å²) in [5.41, 5.74) is 2.81. The number of aliphatic imine (C=N–C) groups is 1. The topological polar surface area (TPSA) is 112 Å². The Morgan fingerprint density at radius 1 is 1.06 bits per heavy atom. The molecule has 0 aliphatic heterocycles. The van der Waals surface area contributed by atoms with Crippen molar-refractivity contribution in [1.82, 2.24) is 10.1 Å². The SMILES string of the molecule is COc1cc(C(=Nc2ccc(-c3noc(C)n3)cc2)/C(=N/I(C)O)SC)cc(OC)c1OC. The Hall–Kier alpha value is -2.64. The van der Waals surface area contributed by atoms with Crippen molar-refractivity contribution < 1.29 is 22.2 Å². The maximum atomic E-state index is 10.1. The van der Waals surface area contributed by atoms with E-state index in [1.54, 1.807) is 33.2 Å². The second-order valence-corrected chi connectivity index (χ2v) is 10.2. The molecule has 0 spiro atoms. The van der Waals surface area contributed by atoms with Crippen molar-refractivity contribution in [2.75, 3.05) is 32.5 Å². The molecule has 0 fully saturated rings. The van der Waals surface area contributed by atoms with Crippen molar-refractivity contribution >= 4 is 48.7 Å². The first-order chi connectivity index (χ1) is 15.9. The van der Waals surface area contributed by atoms with Crippen molar-refractivity contribution in [1.29, 1.82) is 0 Å². The monoisotopic (exact) mass is 584 g/mol. The van der Waals surface area contributed by atoms with E-state index in [-0.39, 0.29) is 0 Å². The number of aromatic nitrogens is 2. The Morgan fingerprint density at radius 3 is 2.15 bits per heavy atom. The van der Waals surface area contributed by atoms with Crippen molar-refractivity contribution in [3.05, 3.63) is 47.9 Å². The van der Waals surface area contributed by atoms with E-state index in [1.807, 2.05) is 42.7 Å². The summed E-state index contributed by atoms with van der Waals surface area (Å²) < 4.78 is 36.1. The number of hydrogen-bond donors (Lipinski definition) is 1. The van der Waals surface area contributed by atoms with E-state index < -0.39 is 20.5 Å². The number of nitrogens with zero attached hydrogens (tertiary/aromatic N) is 4. The first-order valence-corrected chi connectivity index (χ1v) is 14.9. The van der Waals surface area contributed by atoms with Crippen molar-refractivity contribution in [3.8, 4) is 28.6 Å². The van der Waals surface area contributed by atoms with Gasteiger partial charge in [0.05, 0.1) is 0 Å². The van der Waals surface area contributed by atoms with Crippen LogP contribution in [0.2, 0.25) is 0 Å². The van der Waals surface area contributed by atoms with Crippen LogP contribution >= 0.6 is 32.3 Å². The molecule has 1 heterocycles. The van der Waals surface area contributed by atoms with Crippen LogP contribution in [0.5, 0.6) is 17.2 Å². The summed E-state index contributed by atoms with van der Waals surface area (Å²) in [6, 6.07) is 11.1. The van der Waals surface area contributed by atoms with Crippen LogP contribution in [0.1, 0.15) is 11.5 Å². The van der Waals surface area contributed by atoms with Crippen LogP contribution in [0.15, 0.2) is 49.1 Å². The first-order valence-electron chi connectivity index (χ1n) is 9.62. The minimum absolute atomic E-state index is 0.483. The second kappa shape index (κ2) is 11.5. The molecule has 0 saturated heterocycles. The fraction of sp³-hybridized carbons (Fsp3) is 0.273. The zero-order valence-electron chi connectivity index (χ0n) is 19.1. The molecule has 9 nitrogen and oxygen atoms in total. The van der Waals surface area contributed by atoms with Crippen molar-refractivity contribution in [3.63, 3.8) is 0 Å². The summed E-state index contributed by atoms with van der Waals surface area (Å²) in [7, 11) is 4.67. The average molecular weight is 584 g/mol. The molecular formula is C22H25IN4O5S. The van der Waals surface area contributed by atoms with Crippen molar-refractivity contribution in [2.24, 2.45) is 8.20 Å². The molecule has 1 N–H and O–H groups in total. The number of rotatable bonds is 8. The molecule has 33 heavy (non-hydrogen) atoms. The Balaban J connectivity index is 2.14. The van der Waals surface area contributed by atoms with Gasteiger partial charge < -0.3 is 0 Å². The summed E-state index contributed by atoms with van der Waals surface area (Å²) in [6.07, 6.45) is 1.90. The van der Waals surface area contributed by atoms with Crippen molar-refractivity contribution in [2.45, 2.75) is 6.92 Å². The molecule has 11 heteroatoms. The van der Waals surface area contributed by atoms with Gasteiger partial charge in [-0.1, -0.05) is 0 Å². The Labute approximate surface area is 204 Å². The number of methoxy groups -OCH3 is 3. The van der Waals surface area contributed by atoms with Gasteiger partial charge >= 0.3 is 205 Å². The molecule has 2 aromatic carbocycles. The van der Waals surface area contributed by atoms with E-state index in [0.29, 0.717) is 51.0 Å². The second-order valence-electron chi connectivity index (χ2n) is 6.57. The molecule has 0 amide bonds. The Kier molecular flexibility index (Phi) is 8.69. The van der Waals surface area contributed by atoms with Crippen LogP contribution < -0.4 is 14.2 Å². The van der Waals surface area contributed by atoms with E-state index >= 15 is 0 Å². The Morgan fingerprint density at radius 2 is 1.70 bits per heavy atom. The van der Waals surface area contributed by atoms with E-state index in [4.69, 9.17) is 23.7 Å². The van der Waals surface area contributed by atoms with Gasteiger partial charge in [0.15, 0.2) is 0 Å². The minimum atomic E-state index is -2.44. The van der Waals surface area contributed by atoms with Gasteiger partial charge in [0.2, 0.25) is 0 Å². The summed E-state index contributed by atoms with van der Waals surface area (Å²) in [4.78, 5) is 10.9. The average Bonchev–Trinajstić information content (AvgIpc) is 3.26. The standard InChI is InChI=1S/C22H25IN4O5S/c1-13-24-21(27-32-13)14-7-9-16(10-8-14)25-19(22(33-6)26-23(2)28)15-11-17(29-3)20(31-5)18(12-15)30-4/h7-12,28H,1-6H3/b25-19?,26-22-. The zero-order chi connectivity index (χ0) is 24.0. The maximum absolute atomic E-state index is 10.1. The van der Waals surface area contributed by atoms with Crippen LogP contribution in [0, 0.1) is 6.92 Å². The molecule has 0 saturated carbocycles. The zero-order valence-corrected chi connectivity index (χ0v) is 22.1. The molecule has 0 atom stereocenters. The fourth-order valence-electron chi connectivity index (χ4n) is 2.97. The normalized spacial score (nSPS) is 12.5. The number of halogens is 1. The number of alkyl halides is 1. The number of thioether (sulfide) groups is 1. The molecule has 0 radical (unpaired) electrons. The van der Waals surface area contributed by atoms with Gasteiger partial charge in [0.25, 0.3) is 0 Å². The predicted octanol–water partition coefficient (Wildman–Crippen LogP) is 4.91. The van der Waals surface area contributed by atoms with E-state index in [9.17, 15) is 3.44 Å². The third-order valence-corrected chi connectivity index (χ3v) is 6.61. The summed E-state index contributed by atoms with van der Waals surface area (Å²) in [5.74, 6) is 2.49. The third-order valence-electron chi connectivity index (χ3n) is 4.43. The van der Waals surface area contributed by atoms with E-state index in [2.05, 4.69) is 13.3 Å². The summed E-state index contributed by atoms with van der Waals surface area (Å²) >= 11 is -1.02. The van der Waals surface area contributed by atoms with Crippen LogP contribution in [0.3, 0.4) is 0 Å². The molecule has 0 aliphatic carbocycles. The molecule has 1 aromatic heterocycles. The molecule has 176 valence electrons. The molecule has 3 rings (SSSR count).